The Bertz CT molecular complexity index is 1140. The van der Waals surface area contributed by atoms with Crippen molar-refractivity contribution in [1.82, 2.24) is 4.90 Å². The third-order valence-corrected chi connectivity index (χ3v) is 8.07. The molecule has 2 aromatic carbocycles. The first-order chi connectivity index (χ1) is 16.4. The first kappa shape index (κ1) is 26.0. The minimum Gasteiger partial charge on any atom is -0.490 e. The molecule has 4 rings (SSSR count). The highest BCUT2D eigenvalue weighted by Gasteiger charge is 2.34. The largest absolute Gasteiger partial charge is 0.490 e. The van der Waals surface area contributed by atoms with Crippen molar-refractivity contribution in [2.24, 2.45) is 0 Å². The summed E-state index contributed by atoms with van der Waals surface area (Å²) in [5, 5.41) is 1.12. The number of thiocarbonyl (C=S) groups is 1. The Balaban J connectivity index is 1.54. The smallest absolute Gasteiger partial charge is 0.266 e. The van der Waals surface area contributed by atoms with Crippen LogP contribution in [0.3, 0.4) is 0 Å². The second-order valence-corrected chi connectivity index (χ2v) is 11.4. The Morgan fingerprint density at radius 1 is 1.29 bits per heavy atom. The molecule has 10 heteroatoms. The van der Waals surface area contributed by atoms with E-state index in [1.54, 1.807) is 17.0 Å². The van der Waals surface area contributed by atoms with Gasteiger partial charge in [-0.25, -0.2) is 0 Å². The van der Waals surface area contributed by atoms with Crippen LogP contribution in [-0.4, -0.2) is 41.0 Å². The van der Waals surface area contributed by atoms with Crippen molar-refractivity contribution in [3.05, 3.63) is 60.0 Å². The molecule has 1 amide bonds. The number of rotatable bonds is 8. The fraction of sp³-hybridized carbons (Fsp3) is 0.333. The highest BCUT2D eigenvalue weighted by Crippen LogP contribution is 2.38. The summed E-state index contributed by atoms with van der Waals surface area (Å²) in [6.07, 6.45) is 3.87. The van der Waals surface area contributed by atoms with E-state index in [1.165, 1.54) is 11.8 Å². The lowest BCUT2D eigenvalue weighted by atomic mass is 10.1. The molecule has 2 fully saturated rings. The van der Waals surface area contributed by atoms with Crippen molar-refractivity contribution in [3.63, 3.8) is 0 Å². The number of benzene rings is 2. The first-order valence-electron chi connectivity index (χ1n) is 10.8. The Labute approximate surface area is 232 Å². The van der Waals surface area contributed by atoms with Crippen molar-refractivity contribution in [2.75, 3.05) is 19.8 Å². The van der Waals surface area contributed by atoms with Gasteiger partial charge in [0.2, 0.25) is 0 Å². The summed E-state index contributed by atoms with van der Waals surface area (Å²) >= 11 is 21.3. The Hall–Kier alpha value is -1.04. The van der Waals surface area contributed by atoms with Gasteiger partial charge in [0.15, 0.2) is 11.5 Å². The zero-order chi connectivity index (χ0) is 24.2. The lowest BCUT2D eigenvalue weighted by Crippen LogP contribution is -2.35. The van der Waals surface area contributed by atoms with E-state index in [1.807, 2.05) is 31.2 Å². The lowest BCUT2D eigenvalue weighted by molar-refractivity contribution is -0.123. The fourth-order valence-corrected chi connectivity index (χ4v) is 6.18. The summed E-state index contributed by atoms with van der Waals surface area (Å²) in [7, 11) is 0. The van der Waals surface area contributed by atoms with Crippen LogP contribution in [0, 0.1) is 3.57 Å². The van der Waals surface area contributed by atoms with Crippen molar-refractivity contribution in [3.8, 4) is 11.5 Å². The van der Waals surface area contributed by atoms with Crippen molar-refractivity contribution < 1.29 is 19.0 Å². The van der Waals surface area contributed by atoms with Gasteiger partial charge < -0.3 is 14.2 Å². The van der Waals surface area contributed by atoms with Gasteiger partial charge in [0.1, 0.15) is 10.9 Å². The quantitative estimate of drug-likeness (QED) is 0.175. The summed E-state index contributed by atoms with van der Waals surface area (Å²) < 4.78 is 19.0. The van der Waals surface area contributed by atoms with E-state index in [4.69, 9.17) is 49.6 Å². The molecular weight excluding hydrogens is 628 g/mol. The summed E-state index contributed by atoms with van der Waals surface area (Å²) in [4.78, 5) is 15.2. The van der Waals surface area contributed by atoms with E-state index < -0.39 is 0 Å². The standard InChI is InChI=1S/C24H22Cl2INO4S2/c1-2-30-20-9-14(8-19(27)22(20)32-13-15-5-6-16(25)11-18(15)26)10-21-23(29)28(24(33)34-21)12-17-4-3-7-31-17/h5-6,8-11,17H,2-4,7,12-13H2,1H3/b21-10-/t17-/m1/s1. The van der Waals surface area contributed by atoms with Gasteiger partial charge in [0, 0.05) is 22.2 Å². The molecule has 180 valence electrons. The molecule has 2 aliphatic heterocycles. The second-order valence-electron chi connectivity index (χ2n) is 7.71. The van der Waals surface area contributed by atoms with Crippen LogP contribution in [0.1, 0.15) is 30.9 Å². The minimum atomic E-state index is -0.0869. The van der Waals surface area contributed by atoms with Crippen LogP contribution in [0.15, 0.2) is 35.2 Å². The average molecular weight is 650 g/mol. The molecule has 2 aliphatic rings. The monoisotopic (exact) mass is 649 g/mol. The molecule has 34 heavy (non-hydrogen) atoms. The van der Waals surface area contributed by atoms with E-state index in [0.717, 1.165) is 34.1 Å². The number of amides is 1. The Morgan fingerprint density at radius 3 is 2.82 bits per heavy atom. The maximum absolute atomic E-state index is 13.0. The zero-order valence-electron chi connectivity index (χ0n) is 18.3. The second kappa shape index (κ2) is 11.8. The maximum atomic E-state index is 13.0. The van der Waals surface area contributed by atoms with Gasteiger partial charge in [0.25, 0.3) is 5.91 Å². The molecule has 0 unspecified atom stereocenters. The molecule has 2 heterocycles. The van der Waals surface area contributed by atoms with Crippen molar-refractivity contribution in [1.29, 1.82) is 0 Å². The highest BCUT2D eigenvalue weighted by atomic mass is 127. The van der Waals surface area contributed by atoms with Crippen LogP contribution in [0.25, 0.3) is 6.08 Å². The molecule has 5 nitrogen and oxygen atoms in total. The third-order valence-electron chi connectivity index (χ3n) is 5.30. The SMILES string of the molecule is CCOc1cc(/C=C2\SC(=S)N(C[C@H]3CCCO3)C2=O)cc(I)c1OCc1ccc(Cl)cc1Cl. The number of hydrogen-bond acceptors (Lipinski definition) is 6. The van der Waals surface area contributed by atoms with E-state index in [-0.39, 0.29) is 18.6 Å². The van der Waals surface area contributed by atoms with Gasteiger partial charge >= 0.3 is 0 Å². The molecule has 0 saturated carbocycles. The molecule has 0 aromatic heterocycles. The number of nitrogens with zero attached hydrogens (tertiary/aromatic N) is 1. The number of carbonyl (C=O) groups is 1. The number of halogens is 3. The number of thioether (sulfide) groups is 1. The molecule has 0 spiro atoms. The van der Waals surface area contributed by atoms with E-state index in [2.05, 4.69) is 22.6 Å². The minimum absolute atomic E-state index is 0.0536. The predicted octanol–water partition coefficient (Wildman–Crippen LogP) is 6.96. The van der Waals surface area contributed by atoms with Crippen LogP contribution >= 0.6 is 69.8 Å². The highest BCUT2D eigenvalue weighted by molar-refractivity contribution is 14.1. The van der Waals surface area contributed by atoms with Gasteiger partial charge in [-0.3, -0.25) is 9.69 Å². The molecule has 0 N–H and O–H groups in total. The van der Waals surface area contributed by atoms with Crippen LogP contribution < -0.4 is 9.47 Å². The molecular formula is C24H22Cl2INO4S2. The summed E-state index contributed by atoms with van der Waals surface area (Å²) in [5.74, 6) is 1.13. The number of hydrogen-bond donors (Lipinski definition) is 0. The van der Waals surface area contributed by atoms with Gasteiger partial charge in [-0.15, -0.1) is 0 Å². The number of ether oxygens (including phenoxy) is 3. The van der Waals surface area contributed by atoms with Crippen molar-refractivity contribution >= 4 is 86.1 Å². The Morgan fingerprint density at radius 2 is 2.12 bits per heavy atom. The van der Waals surface area contributed by atoms with Crippen LogP contribution in [0.4, 0.5) is 0 Å². The Kier molecular flexibility index (Phi) is 9.03. The van der Waals surface area contributed by atoms with E-state index >= 15 is 0 Å². The molecule has 2 saturated heterocycles. The van der Waals surface area contributed by atoms with Crippen LogP contribution in [-0.2, 0) is 16.1 Å². The average Bonchev–Trinajstić information content (AvgIpc) is 3.39. The van der Waals surface area contributed by atoms with E-state index in [9.17, 15) is 4.79 Å². The van der Waals surface area contributed by atoms with Gasteiger partial charge in [-0.1, -0.05) is 53.2 Å². The molecule has 2 aromatic rings. The van der Waals surface area contributed by atoms with Crippen LogP contribution in [0.5, 0.6) is 11.5 Å². The summed E-state index contributed by atoms with van der Waals surface area (Å²) in [5.41, 5.74) is 1.66. The van der Waals surface area contributed by atoms with Gasteiger partial charge in [-0.2, -0.15) is 0 Å². The first-order valence-corrected chi connectivity index (χ1v) is 13.8. The van der Waals surface area contributed by atoms with Gasteiger partial charge in [0.05, 0.1) is 27.7 Å². The lowest BCUT2D eigenvalue weighted by Gasteiger charge is -2.18. The van der Waals surface area contributed by atoms with Gasteiger partial charge in [-0.05, 0) is 78.3 Å². The molecule has 1 atom stereocenters. The normalized spacial score (nSPS) is 19.4. The van der Waals surface area contributed by atoms with E-state index in [0.29, 0.717) is 43.9 Å². The number of carbonyl (C=O) groups excluding carboxylic acids is 1. The molecule has 0 bridgehead atoms. The van der Waals surface area contributed by atoms with Crippen LogP contribution in [0.2, 0.25) is 10.0 Å². The maximum Gasteiger partial charge on any atom is 0.266 e. The fourth-order valence-electron chi connectivity index (χ4n) is 3.66. The third kappa shape index (κ3) is 6.20. The topological polar surface area (TPSA) is 48.0 Å². The zero-order valence-corrected chi connectivity index (χ0v) is 23.6. The predicted molar refractivity (Wildman–Crippen MR) is 150 cm³/mol. The molecule has 0 radical (unpaired) electrons. The van der Waals surface area contributed by atoms with Crippen molar-refractivity contribution in [2.45, 2.75) is 32.5 Å². The summed E-state index contributed by atoms with van der Waals surface area (Å²) in [6, 6.07) is 9.13. The summed E-state index contributed by atoms with van der Waals surface area (Å²) in [6.45, 7) is 3.90. The molecule has 0 aliphatic carbocycles.